The first-order valence-corrected chi connectivity index (χ1v) is 9.11. The van der Waals surface area contributed by atoms with E-state index in [1.807, 2.05) is 48.9 Å². The summed E-state index contributed by atoms with van der Waals surface area (Å²) < 4.78 is 1.93. The van der Waals surface area contributed by atoms with Crippen molar-refractivity contribution in [2.75, 3.05) is 6.54 Å². The number of nitrogens with one attached hydrogen (secondary N) is 2. The van der Waals surface area contributed by atoms with Gasteiger partial charge in [-0.05, 0) is 44.2 Å². The van der Waals surface area contributed by atoms with Gasteiger partial charge in [0.2, 0.25) is 0 Å². The zero-order valence-corrected chi connectivity index (χ0v) is 15.4. The summed E-state index contributed by atoms with van der Waals surface area (Å²) in [5.74, 6) is 0. The fraction of sp³-hybridized carbons (Fsp3) is 0.500. The summed E-state index contributed by atoms with van der Waals surface area (Å²) in [6, 6.07) is 9.96. The van der Waals surface area contributed by atoms with Gasteiger partial charge >= 0.3 is 6.03 Å². The molecular weight excluding hydrogens is 312 g/mol. The number of aryl methyl sites for hydroxylation is 1. The van der Waals surface area contributed by atoms with Crippen LogP contribution >= 0.6 is 0 Å². The van der Waals surface area contributed by atoms with Gasteiger partial charge in [0.05, 0.1) is 11.4 Å². The number of urea groups is 1. The van der Waals surface area contributed by atoms with Crippen molar-refractivity contribution in [1.29, 1.82) is 0 Å². The third-order valence-corrected chi connectivity index (χ3v) is 5.35. The molecule has 1 saturated carbocycles. The minimum Gasteiger partial charge on any atom is -0.338 e. The van der Waals surface area contributed by atoms with Gasteiger partial charge in [-0.25, -0.2) is 9.48 Å². The first kappa shape index (κ1) is 17.5. The van der Waals surface area contributed by atoms with Crippen LogP contribution in [0.2, 0.25) is 0 Å². The summed E-state index contributed by atoms with van der Waals surface area (Å²) in [7, 11) is 0. The number of nitrogens with zero attached hydrogens (tertiary/aromatic N) is 2. The SMILES string of the molecule is Cc1nn(-c2ccccc2)c(C)c1CNC(=O)NCC1(C)CCCC1. The number of hydrogen-bond donors (Lipinski definition) is 2. The fourth-order valence-electron chi connectivity index (χ4n) is 3.68. The number of amides is 2. The zero-order chi connectivity index (χ0) is 17.9. The summed E-state index contributed by atoms with van der Waals surface area (Å²) in [4.78, 5) is 12.2. The number of aromatic nitrogens is 2. The van der Waals surface area contributed by atoms with Crippen molar-refractivity contribution < 1.29 is 4.79 Å². The van der Waals surface area contributed by atoms with E-state index in [2.05, 4.69) is 22.7 Å². The van der Waals surface area contributed by atoms with E-state index in [-0.39, 0.29) is 11.4 Å². The average molecular weight is 340 g/mol. The van der Waals surface area contributed by atoms with Gasteiger partial charge in [-0.15, -0.1) is 0 Å². The second-order valence-electron chi connectivity index (χ2n) is 7.45. The first-order valence-electron chi connectivity index (χ1n) is 9.11. The van der Waals surface area contributed by atoms with E-state index in [9.17, 15) is 4.79 Å². The normalized spacial score (nSPS) is 16.0. The minimum absolute atomic E-state index is 0.0978. The van der Waals surface area contributed by atoms with E-state index in [4.69, 9.17) is 0 Å². The van der Waals surface area contributed by atoms with Crippen LogP contribution in [0.3, 0.4) is 0 Å². The second-order valence-corrected chi connectivity index (χ2v) is 7.45. The van der Waals surface area contributed by atoms with Crippen LogP contribution in [-0.4, -0.2) is 22.4 Å². The number of hydrogen-bond acceptors (Lipinski definition) is 2. The molecule has 0 bridgehead atoms. The lowest BCUT2D eigenvalue weighted by Crippen LogP contribution is -2.40. The third kappa shape index (κ3) is 4.03. The molecule has 0 atom stereocenters. The number of rotatable bonds is 5. The minimum atomic E-state index is -0.0978. The van der Waals surface area contributed by atoms with Crippen LogP contribution in [0.5, 0.6) is 0 Å². The maximum absolute atomic E-state index is 12.2. The van der Waals surface area contributed by atoms with Crippen molar-refractivity contribution in [2.24, 2.45) is 5.41 Å². The lowest BCUT2D eigenvalue weighted by molar-refractivity contribution is 0.231. The Balaban J connectivity index is 1.60. The molecule has 0 unspecified atom stereocenters. The van der Waals surface area contributed by atoms with E-state index < -0.39 is 0 Å². The standard InChI is InChI=1S/C20H28N4O/c1-15-18(16(2)24(23-15)17-9-5-4-6-10-17)13-21-19(25)22-14-20(3)11-7-8-12-20/h4-6,9-10H,7-8,11-14H2,1-3H3,(H2,21,22,25). The number of benzene rings is 1. The Labute approximate surface area is 149 Å². The molecule has 1 aromatic carbocycles. The van der Waals surface area contributed by atoms with Crippen LogP contribution in [0.4, 0.5) is 4.79 Å². The number of carbonyl (C=O) groups is 1. The summed E-state index contributed by atoms with van der Waals surface area (Å²) >= 11 is 0. The first-order chi connectivity index (χ1) is 12.0. The maximum atomic E-state index is 12.2. The molecule has 0 radical (unpaired) electrons. The highest BCUT2D eigenvalue weighted by Gasteiger charge is 2.28. The molecule has 2 aromatic rings. The molecule has 0 saturated heterocycles. The molecule has 1 aliphatic carbocycles. The molecule has 25 heavy (non-hydrogen) atoms. The van der Waals surface area contributed by atoms with Gasteiger partial charge < -0.3 is 10.6 Å². The molecule has 1 fully saturated rings. The quantitative estimate of drug-likeness (QED) is 0.868. The third-order valence-electron chi connectivity index (χ3n) is 5.35. The zero-order valence-electron chi connectivity index (χ0n) is 15.4. The molecule has 1 aliphatic rings. The van der Waals surface area contributed by atoms with Crippen LogP contribution in [0.1, 0.15) is 49.6 Å². The monoisotopic (exact) mass is 340 g/mol. The molecule has 2 N–H and O–H groups in total. The maximum Gasteiger partial charge on any atom is 0.315 e. The summed E-state index contributed by atoms with van der Waals surface area (Å²) in [6.45, 7) is 7.54. The summed E-state index contributed by atoms with van der Waals surface area (Å²) in [5.41, 5.74) is 4.39. The van der Waals surface area contributed by atoms with Crippen molar-refractivity contribution in [3.8, 4) is 5.69 Å². The van der Waals surface area contributed by atoms with Crippen molar-refractivity contribution in [3.63, 3.8) is 0 Å². The molecule has 0 aliphatic heterocycles. The topological polar surface area (TPSA) is 59.0 Å². The number of carbonyl (C=O) groups excluding carboxylic acids is 1. The lowest BCUT2D eigenvalue weighted by Gasteiger charge is -2.23. The van der Waals surface area contributed by atoms with Gasteiger partial charge in [-0.2, -0.15) is 5.10 Å². The molecule has 1 aromatic heterocycles. The van der Waals surface area contributed by atoms with Crippen molar-refractivity contribution in [2.45, 2.75) is 53.0 Å². The van der Waals surface area contributed by atoms with Crippen LogP contribution in [0.15, 0.2) is 30.3 Å². The Bertz CT molecular complexity index is 730. The highest BCUT2D eigenvalue weighted by molar-refractivity contribution is 5.73. The molecule has 1 heterocycles. The van der Waals surface area contributed by atoms with Gasteiger partial charge in [0.1, 0.15) is 0 Å². The second kappa shape index (κ2) is 7.30. The Kier molecular flexibility index (Phi) is 5.11. The molecule has 0 spiro atoms. The highest BCUT2D eigenvalue weighted by atomic mass is 16.2. The number of para-hydroxylation sites is 1. The Morgan fingerprint density at radius 2 is 1.84 bits per heavy atom. The smallest absolute Gasteiger partial charge is 0.315 e. The van der Waals surface area contributed by atoms with E-state index in [1.165, 1.54) is 25.7 Å². The van der Waals surface area contributed by atoms with Gasteiger partial charge in [0, 0.05) is 24.3 Å². The van der Waals surface area contributed by atoms with Crippen LogP contribution in [0.25, 0.3) is 5.69 Å². The largest absolute Gasteiger partial charge is 0.338 e. The Morgan fingerprint density at radius 3 is 2.52 bits per heavy atom. The van der Waals surface area contributed by atoms with E-state index in [0.717, 1.165) is 29.2 Å². The van der Waals surface area contributed by atoms with E-state index >= 15 is 0 Å². The molecule has 2 amide bonds. The van der Waals surface area contributed by atoms with Crippen molar-refractivity contribution >= 4 is 6.03 Å². The Morgan fingerprint density at radius 1 is 1.16 bits per heavy atom. The van der Waals surface area contributed by atoms with Crippen molar-refractivity contribution in [3.05, 3.63) is 47.3 Å². The van der Waals surface area contributed by atoms with Crippen molar-refractivity contribution in [1.82, 2.24) is 20.4 Å². The fourth-order valence-corrected chi connectivity index (χ4v) is 3.68. The molecule has 3 rings (SSSR count). The lowest BCUT2D eigenvalue weighted by atomic mass is 9.89. The van der Waals surface area contributed by atoms with Gasteiger partial charge in [-0.1, -0.05) is 38.0 Å². The van der Waals surface area contributed by atoms with E-state index in [1.54, 1.807) is 0 Å². The van der Waals surface area contributed by atoms with Gasteiger partial charge in [0.15, 0.2) is 0 Å². The molecular formula is C20H28N4O. The average Bonchev–Trinajstić information content (AvgIpc) is 3.16. The summed E-state index contributed by atoms with van der Waals surface area (Å²) in [6.07, 6.45) is 4.96. The highest BCUT2D eigenvalue weighted by Crippen LogP contribution is 2.36. The van der Waals surface area contributed by atoms with Crippen LogP contribution in [0, 0.1) is 19.3 Å². The van der Waals surface area contributed by atoms with Gasteiger partial charge in [-0.3, -0.25) is 0 Å². The molecule has 5 heteroatoms. The predicted molar refractivity (Wildman–Crippen MR) is 99.9 cm³/mol. The van der Waals surface area contributed by atoms with Gasteiger partial charge in [0.25, 0.3) is 0 Å². The van der Waals surface area contributed by atoms with Crippen LogP contribution < -0.4 is 10.6 Å². The Hall–Kier alpha value is -2.30. The van der Waals surface area contributed by atoms with Crippen LogP contribution in [-0.2, 0) is 6.54 Å². The molecule has 5 nitrogen and oxygen atoms in total. The van der Waals surface area contributed by atoms with E-state index in [0.29, 0.717) is 6.54 Å². The predicted octanol–water partition coefficient (Wildman–Crippen LogP) is 3.87. The summed E-state index contributed by atoms with van der Waals surface area (Å²) in [5, 5.41) is 10.6. The molecule has 134 valence electrons.